The summed E-state index contributed by atoms with van der Waals surface area (Å²) in [4.78, 5) is 3.94. The third-order valence-corrected chi connectivity index (χ3v) is 2.38. The molecule has 0 aliphatic carbocycles. The van der Waals surface area contributed by atoms with Crippen molar-refractivity contribution in [1.82, 2.24) is 4.98 Å². The molecule has 1 rings (SSSR count). The zero-order valence-electron chi connectivity index (χ0n) is 9.31. The molecule has 0 aliphatic rings. The molecule has 1 aromatic heterocycles. The molecule has 2 unspecified atom stereocenters. The molecule has 0 radical (unpaired) electrons. The van der Waals surface area contributed by atoms with Crippen molar-refractivity contribution in [2.75, 3.05) is 12.8 Å². The highest BCUT2D eigenvalue weighted by atomic mass is 16.5. The first kappa shape index (κ1) is 11.9. The van der Waals surface area contributed by atoms with E-state index in [9.17, 15) is 0 Å². The quantitative estimate of drug-likeness (QED) is 0.757. The molecule has 15 heavy (non-hydrogen) atoms. The van der Waals surface area contributed by atoms with Gasteiger partial charge < -0.3 is 16.2 Å². The van der Waals surface area contributed by atoms with Crippen LogP contribution >= 0.6 is 0 Å². The Morgan fingerprint density at radius 3 is 2.87 bits per heavy atom. The van der Waals surface area contributed by atoms with Gasteiger partial charge in [0, 0.05) is 19.3 Å². The predicted octanol–water partition coefficient (Wildman–Crippen LogP) is 0.959. The fraction of sp³-hybridized carbons (Fsp3) is 0.545. The van der Waals surface area contributed by atoms with E-state index in [0.29, 0.717) is 5.82 Å². The molecule has 4 heteroatoms. The predicted molar refractivity (Wildman–Crippen MR) is 61.4 cm³/mol. The Labute approximate surface area is 90.6 Å². The number of anilines is 1. The standard InChI is InChI=1S/C11H19N3O/c1-8(15-2)5-10(12)6-9-3-4-14-11(13)7-9/h3-4,7-8,10H,5-6,12H2,1-2H3,(H2,13,14). The molecule has 1 heterocycles. The van der Waals surface area contributed by atoms with Crippen LogP contribution in [0.5, 0.6) is 0 Å². The molecule has 4 nitrogen and oxygen atoms in total. The van der Waals surface area contributed by atoms with E-state index < -0.39 is 0 Å². The number of aromatic nitrogens is 1. The van der Waals surface area contributed by atoms with E-state index in [-0.39, 0.29) is 12.1 Å². The summed E-state index contributed by atoms with van der Waals surface area (Å²) in [6.45, 7) is 2.01. The molecule has 0 amide bonds. The Kier molecular flexibility index (Phi) is 4.52. The van der Waals surface area contributed by atoms with Gasteiger partial charge in [-0.1, -0.05) is 0 Å². The Balaban J connectivity index is 2.47. The second-order valence-electron chi connectivity index (χ2n) is 3.84. The molecule has 0 saturated heterocycles. The minimum atomic E-state index is 0.0988. The summed E-state index contributed by atoms with van der Waals surface area (Å²) in [5.74, 6) is 0.541. The number of hydrogen-bond donors (Lipinski definition) is 2. The van der Waals surface area contributed by atoms with Crippen molar-refractivity contribution in [2.45, 2.75) is 31.9 Å². The molecule has 4 N–H and O–H groups in total. The van der Waals surface area contributed by atoms with Crippen LogP contribution in [0.3, 0.4) is 0 Å². The summed E-state index contributed by atoms with van der Waals surface area (Å²) in [5.41, 5.74) is 12.7. The number of rotatable bonds is 5. The van der Waals surface area contributed by atoms with Crippen LogP contribution in [0.2, 0.25) is 0 Å². The van der Waals surface area contributed by atoms with Crippen molar-refractivity contribution in [1.29, 1.82) is 0 Å². The smallest absolute Gasteiger partial charge is 0.123 e. The van der Waals surface area contributed by atoms with Crippen LogP contribution in [0.15, 0.2) is 18.3 Å². The summed E-state index contributed by atoms with van der Waals surface area (Å²) in [6.07, 6.45) is 3.55. The number of methoxy groups -OCH3 is 1. The molecule has 84 valence electrons. The van der Waals surface area contributed by atoms with Gasteiger partial charge in [-0.2, -0.15) is 0 Å². The van der Waals surface area contributed by atoms with Crippen molar-refractivity contribution < 1.29 is 4.74 Å². The summed E-state index contributed by atoms with van der Waals surface area (Å²) in [5, 5.41) is 0. The number of hydrogen-bond acceptors (Lipinski definition) is 4. The van der Waals surface area contributed by atoms with Crippen molar-refractivity contribution in [3.05, 3.63) is 23.9 Å². The van der Waals surface area contributed by atoms with Gasteiger partial charge in [-0.25, -0.2) is 4.98 Å². The first-order chi connectivity index (χ1) is 7.11. The van der Waals surface area contributed by atoms with E-state index in [1.54, 1.807) is 13.3 Å². The van der Waals surface area contributed by atoms with Gasteiger partial charge in [-0.05, 0) is 37.5 Å². The first-order valence-electron chi connectivity index (χ1n) is 5.10. The normalized spacial score (nSPS) is 14.9. The maximum atomic E-state index is 5.99. The summed E-state index contributed by atoms with van der Waals surface area (Å²) >= 11 is 0. The minimum Gasteiger partial charge on any atom is -0.384 e. The molecule has 0 bridgehead atoms. The number of ether oxygens (including phenoxy) is 1. The lowest BCUT2D eigenvalue weighted by Crippen LogP contribution is -2.28. The summed E-state index contributed by atoms with van der Waals surface area (Å²) < 4.78 is 5.17. The van der Waals surface area contributed by atoms with Crippen LogP contribution in [-0.2, 0) is 11.2 Å². The second-order valence-corrected chi connectivity index (χ2v) is 3.84. The fourth-order valence-corrected chi connectivity index (χ4v) is 1.53. The largest absolute Gasteiger partial charge is 0.384 e. The summed E-state index contributed by atoms with van der Waals surface area (Å²) in [7, 11) is 1.70. The molecular weight excluding hydrogens is 190 g/mol. The van der Waals surface area contributed by atoms with Gasteiger partial charge in [0.05, 0.1) is 6.10 Å². The van der Waals surface area contributed by atoms with Crippen molar-refractivity contribution >= 4 is 5.82 Å². The van der Waals surface area contributed by atoms with E-state index in [0.717, 1.165) is 18.4 Å². The molecular formula is C11H19N3O. The molecule has 0 spiro atoms. The van der Waals surface area contributed by atoms with Crippen LogP contribution in [0.4, 0.5) is 5.82 Å². The van der Waals surface area contributed by atoms with Gasteiger partial charge in [-0.3, -0.25) is 0 Å². The van der Waals surface area contributed by atoms with E-state index in [4.69, 9.17) is 16.2 Å². The Morgan fingerprint density at radius 1 is 1.53 bits per heavy atom. The van der Waals surface area contributed by atoms with E-state index in [2.05, 4.69) is 4.98 Å². The van der Waals surface area contributed by atoms with Crippen molar-refractivity contribution in [3.63, 3.8) is 0 Å². The number of nitrogen functional groups attached to an aromatic ring is 1. The molecule has 0 aliphatic heterocycles. The van der Waals surface area contributed by atoms with Crippen LogP contribution in [-0.4, -0.2) is 24.2 Å². The molecule has 0 fully saturated rings. The number of nitrogens with zero attached hydrogens (tertiary/aromatic N) is 1. The van der Waals surface area contributed by atoms with Crippen molar-refractivity contribution in [3.8, 4) is 0 Å². The highest BCUT2D eigenvalue weighted by Crippen LogP contribution is 2.09. The van der Waals surface area contributed by atoms with E-state index in [1.807, 2.05) is 19.1 Å². The maximum absolute atomic E-state index is 5.99. The molecule has 0 aromatic carbocycles. The highest BCUT2D eigenvalue weighted by Gasteiger charge is 2.09. The van der Waals surface area contributed by atoms with Gasteiger partial charge in [0.15, 0.2) is 0 Å². The van der Waals surface area contributed by atoms with E-state index >= 15 is 0 Å². The third kappa shape index (κ3) is 4.27. The molecule has 1 aromatic rings. The number of nitrogens with two attached hydrogens (primary N) is 2. The topological polar surface area (TPSA) is 74.2 Å². The SMILES string of the molecule is COC(C)CC(N)Cc1ccnc(N)c1. The van der Waals surface area contributed by atoms with Gasteiger partial charge in [0.2, 0.25) is 0 Å². The maximum Gasteiger partial charge on any atom is 0.123 e. The lowest BCUT2D eigenvalue weighted by atomic mass is 10.0. The number of pyridine rings is 1. The lowest BCUT2D eigenvalue weighted by Gasteiger charge is -2.16. The molecule has 2 atom stereocenters. The zero-order chi connectivity index (χ0) is 11.3. The lowest BCUT2D eigenvalue weighted by molar-refractivity contribution is 0.104. The van der Waals surface area contributed by atoms with Crippen LogP contribution in [0.25, 0.3) is 0 Å². The monoisotopic (exact) mass is 209 g/mol. The fourth-order valence-electron chi connectivity index (χ4n) is 1.53. The minimum absolute atomic E-state index is 0.0988. The average Bonchev–Trinajstić information content (AvgIpc) is 2.17. The molecule has 0 saturated carbocycles. The average molecular weight is 209 g/mol. The Morgan fingerprint density at radius 2 is 2.27 bits per heavy atom. The van der Waals surface area contributed by atoms with Gasteiger partial charge in [-0.15, -0.1) is 0 Å². The van der Waals surface area contributed by atoms with Crippen LogP contribution in [0, 0.1) is 0 Å². The highest BCUT2D eigenvalue weighted by molar-refractivity contribution is 5.32. The summed E-state index contributed by atoms with van der Waals surface area (Å²) in [6, 6.07) is 3.90. The van der Waals surface area contributed by atoms with Crippen LogP contribution < -0.4 is 11.5 Å². The Hall–Kier alpha value is -1.13. The van der Waals surface area contributed by atoms with Crippen LogP contribution in [0.1, 0.15) is 18.9 Å². The third-order valence-electron chi connectivity index (χ3n) is 2.38. The van der Waals surface area contributed by atoms with Gasteiger partial charge >= 0.3 is 0 Å². The van der Waals surface area contributed by atoms with E-state index in [1.165, 1.54) is 0 Å². The first-order valence-corrected chi connectivity index (χ1v) is 5.10. The van der Waals surface area contributed by atoms with Gasteiger partial charge in [0.1, 0.15) is 5.82 Å². The Bertz CT molecular complexity index is 304. The van der Waals surface area contributed by atoms with Gasteiger partial charge in [0.25, 0.3) is 0 Å². The zero-order valence-corrected chi connectivity index (χ0v) is 9.31. The second kappa shape index (κ2) is 5.68. The van der Waals surface area contributed by atoms with Crippen molar-refractivity contribution in [2.24, 2.45) is 5.73 Å².